The summed E-state index contributed by atoms with van der Waals surface area (Å²) in [6.07, 6.45) is -3.40. The Morgan fingerprint density at radius 3 is 2.46 bits per heavy atom. The van der Waals surface area contributed by atoms with Crippen LogP contribution in [0, 0.1) is 6.92 Å². The zero-order valence-corrected chi connectivity index (χ0v) is 20.8. The number of anilines is 1. The Balaban J connectivity index is 1.64. The number of hydrogen-bond acceptors (Lipinski definition) is 4. The first kappa shape index (κ1) is 25.3. The lowest BCUT2D eigenvalue weighted by atomic mass is 9.94. The van der Waals surface area contributed by atoms with Crippen molar-refractivity contribution in [1.82, 2.24) is 10.3 Å². The molecular formula is C28H25ClF3N3O2. The van der Waals surface area contributed by atoms with Crippen LogP contribution in [0.15, 0.2) is 72.8 Å². The maximum atomic E-state index is 13.8. The fourth-order valence-electron chi connectivity index (χ4n) is 4.59. The highest BCUT2D eigenvalue weighted by atomic mass is 35.5. The minimum atomic E-state index is -4.52. The zero-order valence-electron chi connectivity index (χ0n) is 20.1. The van der Waals surface area contributed by atoms with Gasteiger partial charge in [0, 0.05) is 24.2 Å². The van der Waals surface area contributed by atoms with Crippen molar-refractivity contribution in [1.29, 1.82) is 0 Å². The number of para-hydroxylation sites is 1. The molecule has 0 saturated carbocycles. The number of nitrogens with one attached hydrogen (secondary N) is 1. The van der Waals surface area contributed by atoms with E-state index in [0.29, 0.717) is 53.7 Å². The maximum absolute atomic E-state index is 13.8. The van der Waals surface area contributed by atoms with Crippen LogP contribution in [0.3, 0.4) is 0 Å². The number of morpholine rings is 1. The molecule has 1 fully saturated rings. The standard InChI is InChI=1S/C28H25ClF3N3O2/c1-18-5-4-6-19(15-18)21-10-9-20(16-22(21)27(36)34-11-13-37-14-12-34)25-17-26(28(30,31)32)33-35(25)24-8-3-2-7-23(24)29/h2-10,15-17,26,33H,11-14H2,1H3. The summed E-state index contributed by atoms with van der Waals surface area (Å²) < 4.78 is 46.7. The minimum Gasteiger partial charge on any atom is -0.378 e. The van der Waals surface area contributed by atoms with Gasteiger partial charge in [-0.25, -0.2) is 5.43 Å². The van der Waals surface area contributed by atoms with Gasteiger partial charge in [0.05, 0.1) is 29.6 Å². The van der Waals surface area contributed by atoms with Gasteiger partial charge in [-0.15, -0.1) is 0 Å². The highest BCUT2D eigenvalue weighted by molar-refractivity contribution is 6.33. The van der Waals surface area contributed by atoms with Gasteiger partial charge in [0.15, 0.2) is 0 Å². The first-order valence-electron chi connectivity index (χ1n) is 11.9. The number of amides is 1. The summed E-state index contributed by atoms with van der Waals surface area (Å²) in [4.78, 5) is 15.4. The second-order valence-electron chi connectivity index (χ2n) is 9.02. The molecule has 1 amide bonds. The summed E-state index contributed by atoms with van der Waals surface area (Å²) >= 11 is 6.36. The van der Waals surface area contributed by atoms with Crippen LogP contribution in [0.1, 0.15) is 21.5 Å². The Bertz CT molecular complexity index is 1350. The fraction of sp³-hybridized carbons (Fsp3) is 0.250. The van der Waals surface area contributed by atoms with Crippen molar-refractivity contribution in [3.63, 3.8) is 0 Å². The third-order valence-corrected chi connectivity index (χ3v) is 6.77. The van der Waals surface area contributed by atoms with Gasteiger partial charge in [-0.05, 0) is 42.3 Å². The van der Waals surface area contributed by atoms with Gasteiger partial charge in [0.1, 0.15) is 6.04 Å². The molecule has 1 saturated heterocycles. The van der Waals surface area contributed by atoms with E-state index in [1.54, 1.807) is 47.4 Å². The predicted octanol–water partition coefficient (Wildman–Crippen LogP) is 6.08. The van der Waals surface area contributed by atoms with Crippen molar-refractivity contribution in [2.24, 2.45) is 0 Å². The fourth-order valence-corrected chi connectivity index (χ4v) is 4.81. The zero-order chi connectivity index (χ0) is 26.2. The summed E-state index contributed by atoms with van der Waals surface area (Å²) in [7, 11) is 0. The van der Waals surface area contributed by atoms with Crippen LogP contribution < -0.4 is 10.4 Å². The average molecular weight is 528 g/mol. The molecule has 0 radical (unpaired) electrons. The van der Waals surface area contributed by atoms with Gasteiger partial charge in [-0.3, -0.25) is 9.80 Å². The lowest BCUT2D eigenvalue weighted by Crippen LogP contribution is -2.44. The van der Waals surface area contributed by atoms with Crippen molar-refractivity contribution < 1.29 is 22.7 Å². The van der Waals surface area contributed by atoms with E-state index in [1.165, 1.54) is 5.01 Å². The molecule has 5 nitrogen and oxygen atoms in total. The molecule has 2 aliphatic rings. The molecule has 1 atom stereocenters. The molecule has 0 aromatic heterocycles. The average Bonchev–Trinajstić information content (AvgIpc) is 3.35. The quantitative estimate of drug-likeness (QED) is 0.446. The molecule has 2 aliphatic heterocycles. The molecule has 3 aromatic rings. The third kappa shape index (κ3) is 5.23. The molecule has 9 heteroatoms. The number of hydrazine groups is 1. The number of benzene rings is 3. The number of carbonyl (C=O) groups excluding carboxylic acids is 1. The molecule has 1 N–H and O–H groups in total. The lowest BCUT2D eigenvalue weighted by Gasteiger charge is -2.29. The second-order valence-corrected chi connectivity index (χ2v) is 9.43. The smallest absolute Gasteiger partial charge is 0.378 e. The number of rotatable bonds is 4. The Hall–Kier alpha value is -3.33. The Morgan fingerprint density at radius 2 is 1.76 bits per heavy atom. The van der Waals surface area contributed by atoms with E-state index in [0.717, 1.165) is 17.2 Å². The van der Waals surface area contributed by atoms with E-state index in [9.17, 15) is 18.0 Å². The van der Waals surface area contributed by atoms with E-state index in [4.69, 9.17) is 16.3 Å². The lowest BCUT2D eigenvalue weighted by molar-refractivity contribution is -0.142. The molecular weight excluding hydrogens is 503 g/mol. The Kier molecular flexibility index (Phi) is 6.98. The molecule has 1 unspecified atom stereocenters. The van der Waals surface area contributed by atoms with Gasteiger partial charge in [0.2, 0.25) is 0 Å². The van der Waals surface area contributed by atoms with Crippen molar-refractivity contribution in [3.05, 3.63) is 94.5 Å². The molecule has 37 heavy (non-hydrogen) atoms. The summed E-state index contributed by atoms with van der Waals surface area (Å²) in [5.74, 6) is -0.190. The topological polar surface area (TPSA) is 44.8 Å². The van der Waals surface area contributed by atoms with Crippen LogP contribution in [0.2, 0.25) is 5.02 Å². The molecule has 0 spiro atoms. The van der Waals surface area contributed by atoms with Gasteiger partial charge >= 0.3 is 6.18 Å². The monoisotopic (exact) mass is 527 g/mol. The van der Waals surface area contributed by atoms with Crippen LogP contribution in [0.5, 0.6) is 0 Å². The van der Waals surface area contributed by atoms with Crippen LogP contribution in [0.25, 0.3) is 16.8 Å². The molecule has 0 bridgehead atoms. The number of alkyl halides is 3. The number of ether oxygens (including phenoxy) is 1. The summed E-state index contributed by atoms with van der Waals surface area (Å²) in [5, 5.41) is 1.63. The first-order valence-corrected chi connectivity index (χ1v) is 12.3. The maximum Gasteiger partial charge on any atom is 0.409 e. The molecule has 0 aliphatic carbocycles. The molecule has 3 aromatic carbocycles. The number of aryl methyl sites for hydroxylation is 1. The first-order chi connectivity index (χ1) is 17.7. The minimum absolute atomic E-state index is 0.190. The van der Waals surface area contributed by atoms with Crippen LogP contribution in [-0.4, -0.2) is 49.3 Å². The molecule has 192 valence electrons. The highest BCUT2D eigenvalue weighted by Crippen LogP contribution is 2.39. The van der Waals surface area contributed by atoms with E-state index in [-0.39, 0.29) is 11.6 Å². The Morgan fingerprint density at radius 1 is 1.00 bits per heavy atom. The van der Waals surface area contributed by atoms with Gasteiger partial charge in [-0.1, -0.05) is 65.7 Å². The third-order valence-electron chi connectivity index (χ3n) is 6.45. The normalized spacial score (nSPS) is 18.2. The second kappa shape index (κ2) is 10.2. The van der Waals surface area contributed by atoms with Crippen molar-refractivity contribution in [2.45, 2.75) is 19.1 Å². The summed E-state index contributed by atoms with van der Waals surface area (Å²) in [6, 6.07) is 17.8. The van der Waals surface area contributed by atoms with Crippen LogP contribution in [0.4, 0.5) is 18.9 Å². The van der Waals surface area contributed by atoms with E-state index in [1.807, 2.05) is 31.2 Å². The Labute approximate surface area is 218 Å². The van der Waals surface area contributed by atoms with E-state index >= 15 is 0 Å². The number of nitrogens with zero attached hydrogens (tertiary/aromatic N) is 2. The summed E-state index contributed by atoms with van der Waals surface area (Å²) in [5.41, 5.74) is 6.66. The van der Waals surface area contributed by atoms with Crippen molar-refractivity contribution in [2.75, 3.05) is 31.3 Å². The number of carbonyl (C=O) groups is 1. The number of halogens is 4. The largest absolute Gasteiger partial charge is 0.409 e. The van der Waals surface area contributed by atoms with Gasteiger partial charge in [0.25, 0.3) is 5.91 Å². The van der Waals surface area contributed by atoms with Crippen molar-refractivity contribution >= 4 is 28.9 Å². The molecule has 2 heterocycles. The van der Waals surface area contributed by atoms with Crippen LogP contribution >= 0.6 is 11.6 Å². The predicted molar refractivity (Wildman–Crippen MR) is 138 cm³/mol. The van der Waals surface area contributed by atoms with Gasteiger partial charge in [-0.2, -0.15) is 13.2 Å². The number of hydrogen-bond donors (Lipinski definition) is 1. The molecule has 5 rings (SSSR count). The van der Waals surface area contributed by atoms with Crippen LogP contribution in [-0.2, 0) is 4.74 Å². The van der Waals surface area contributed by atoms with Gasteiger partial charge < -0.3 is 9.64 Å². The van der Waals surface area contributed by atoms with E-state index in [2.05, 4.69) is 5.43 Å². The van der Waals surface area contributed by atoms with E-state index < -0.39 is 12.2 Å². The summed E-state index contributed by atoms with van der Waals surface area (Å²) in [6.45, 7) is 3.74. The highest BCUT2D eigenvalue weighted by Gasteiger charge is 2.44. The van der Waals surface area contributed by atoms with Crippen molar-refractivity contribution in [3.8, 4) is 11.1 Å². The SMILES string of the molecule is Cc1cccc(-c2ccc(C3=CC(C(F)(F)F)NN3c3ccccc3Cl)cc2C(=O)N2CCOCC2)c1.